The van der Waals surface area contributed by atoms with E-state index in [2.05, 4.69) is 21.2 Å². The maximum atomic E-state index is 12.5. The van der Waals surface area contributed by atoms with Crippen LogP contribution < -0.4 is 5.32 Å². The Hall–Kier alpha value is -1.13. The van der Waals surface area contributed by atoms with Crippen molar-refractivity contribution in [3.05, 3.63) is 46.5 Å². The van der Waals surface area contributed by atoms with E-state index < -0.39 is 0 Å². The van der Waals surface area contributed by atoms with Gasteiger partial charge in [0, 0.05) is 23.0 Å². The van der Waals surface area contributed by atoms with Gasteiger partial charge in [-0.05, 0) is 37.0 Å². The molecular formula is C16H18BrNO2. The summed E-state index contributed by atoms with van der Waals surface area (Å²) in [5.41, 5.74) is 0.769. The van der Waals surface area contributed by atoms with Crippen molar-refractivity contribution in [1.82, 2.24) is 5.32 Å². The second kappa shape index (κ2) is 5.34. The molecule has 0 unspecified atom stereocenters. The van der Waals surface area contributed by atoms with Crippen LogP contribution in [-0.2, 0) is 10.2 Å². The minimum atomic E-state index is -0.328. The zero-order valence-corrected chi connectivity index (χ0v) is 12.8. The predicted molar refractivity (Wildman–Crippen MR) is 81.3 cm³/mol. The fraction of sp³-hybridized carbons (Fsp3) is 0.438. The van der Waals surface area contributed by atoms with Crippen molar-refractivity contribution >= 4 is 21.8 Å². The molecule has 20 heavy (non-hydrogen) atoms. The van der Waals surface area contributed by atoms with E-state index in [1.807, 2.05) is 36.4 Å². The SMILES string of the molecule is O=C(N[C@@H]1C=C[C@H](CO)C1)C1(c2ccc(Br)cc2)CC1. The van der Waals surface area contributed by atoms with Crippen molar-refractivity contribution < 1.29 is 9.90 Å². The number of hydrogen-bond donors (Lipinski definition) is 2. The minimum Gasteiger partial charge on any atom is -0.396 e. The number of hydrogen-bond acceptors (Lipinski definition) is 2. The third kappa shape index (κ3) is 2.54. The van der Waals surface area contributed by atoms with Gasteiger partial charge in [-0.1, -0.05) is 40.2 Å². The van der Waals surface area contributed by atoms with Gasteiger partial charge in [0.25, 0.3) is 0 Å². The number of aliphatic hydroxyl groups excluding tert-OH is 1. The van der Waals surface area contributed by atoms with Gasteiger partial charge >= 0.3 is 0 Å². The standard InChI is InChI=1S/C16H18BrNO2/c17-13-4-2-12(3-5-13)16(7-8-16)15(20)18-14-6-1-11(9-14)10-19/h1-6,11,14,19H,7-10H2,(H,18,20)/t11-,14+/m0/s1. The molecule has 106 valence electrons. The largest absolute Gasteiger partial charge is 0.396 e. The maximum absolute atomic E-state index is 12.5. The summed E-state index contributed by atoms with van der Waals surface area (Å²) in [6.07, 6.45) is 6.62. The molecule has 1 amide bonds. The zero-order valence-electron chi connectivity index (χ0n) is 11.2. The minimum absolute atomic E-state index is 0.0626. The molecule has 0 aromatic heterocycles. The van der Waals surface area contributed by atoms with Crippen LogP contribution >= 0.6 is 15.9 Å². The summed E-state index contributed by atoms with van der Waals surface area (Å²) in [7, 11) is 0. The predicted octanol–water partition coefficient (Wildman–Crippen LogP) is 2.53. The second-order valence-corrected chi connectivity index (χ2v) is 6.65. The van der Waals surface area contributed by atoms with Crippen LogP contribution in [0.15, 0.2) is 40.9 Å². The number of rotatable bonds is 4. The highest BCUT2D eigenvalue weighted by molar-refractivity contribution is 9.10. The molecule has 2 atom stereocenters. The van der Waals surface area contributed by atoms with E-state index in [1.165, 1.54) is 0 Å². The smallest absolute Gasteiger partial charge is 0.231 e. The molecule has 1 aromatic carbocycles. The quantitative estimate of drug-likeness (QED) is 0.830. The number of aliphatic hydroxyl groups is 1. The van der Waals surface area contributed by atoms with Crippen molar-refractivity contribution in [3.8, 4) is 0 Å². The lowest BCUT2D eigenvalue weighted by Crippen LogP contribution is -2.40. The summed E-state index contributed by atoms with van der Waals surface area (Å²) in [4.78, 5) is 12.5. The number of carbonyl (C=O) groups is 1. The van der Waals surface area contributed by atoms with Gasteiger partial charge in [-0.15, -0.1) is 0 Å². The molecule has 1 aromatic rings. The Balaban J connectivity index is 1.68. The first-order chi connectivity index (χ1) is 9.64. The number of carbonyl (C=O) groups excluding carboxylic acids is 1. The van der Waals surface area contributed by atoms with Crippen molar-refractivity contribution in [2.45, 2.75) is 30.7 Å². The third-order valence-electron chi connectivity index (χ3n) is 4.30. The summed E-state index contributed by atoms with van der Waals surface area (Å²) in [5.74, 6) is 0.302. The van der Waals surface area contributed by atoms with Crippen molar-refractivity contribution in [2.75, 3.05) is 6.61 Å². The van der Waals surface area contributed by atoms with Crippen molar-refractivity contribution in [2.24, 2.45) is 5.92 Å². The molecule has 4 heteroatoms. The number of halogens is 1. The van der Waals surface area contributed by atoms with Crippen LogP contribution in [0, 0.1) is 5.92 Å². The van der Waals surface area contributed by atoms with Crippen LogP contribution in [0.4, 0.5) is 0 Å². The average molecular weight is 336 g/mol. The summed E-state index contributed by atoms with van der Waals surface area (Å²) >= 11 is 3.42. The van der Waals surface area contributed by atoms with Crippen molar-refractivity contribution in [3.63, 3.8) is 0 Å². The summed E-state index contributed by atoms with van der Waals surface area (Å²) in [6, 6.07) is 8.09. The molecule has 0 radical (unpaired) electrons. The first kappa shape index (κ1) is 13.8. The van der Waals surface area contributed by atoms with Crippen LogP contribution in [0.1, 0.15) is 24.8 Å². The van der Waals surface area contributed by atoms with Gasteiger partial charge in [0.1, 0.15) is 0 Å². The molecule has 0 bridgehead atoms. The number of nitrogens with one attached hydrogen (secondary N) is 1. The van der Waals surface area contributed by atoms with Gasteiger partial charge in [0.2, 0.25) is 5.91 Å². The number of amides is 1. The van der Waals surface area contributed by atoms with E-state index in [4.69, 9.17) is 5.11 Å². The molecule has 0 spiro atoms. The van der Waals surface area contributed by atoms with Gasteiger partial charge in [0.15, 0.2) is 0 Å². The Bertz CT molecular complexity index is 534. The molecular weight excluding hydrogens is 318 g/mol. The fourth-order valence-corrected chi connectivity index (χ4v) is 3.13. The Morgan fingerprint density at radius 3 is 2.55 bits per heavy atom. The van der Waals surface area contributed by atoms with E-state index in [9.17, 15) is 4.79 Å². The van der Waals surface area contributed by atoms with Crippen LogP contribution in [0.3, 0.4) is 0 Å². The van der Waals surface area contributed by atoms with Gasteiger partial charge < -0.3 is 10.4 Å². The Labute approximate surface area is 127 Å². The lowest BCUT2D eigenvalue weighted by molar-refractivity contribution is -0.124. The van der Waals surface area contributed by atoms with Crippen LogP contribution in [0.2, 0.25) is 0 Å². The molecule has 1 fully saturated rings. The summed E-state index contributed by atoms with van der Waals surface area (Å²) in [5, 5.41) is 12.2. The lowest BCUT2D eigenvalue weighted by atomic mass is 9.94. The van der Waals surface area contributed by atoms with Crippen LogP contribution in [-0.4, -0.2) is 23.7 Å². The average Bonchev–Trinajstić information content (AvgIpc) is 3.14. The highest BCUT2D eigenvalue weighted by Gasteiger charge is 2.51. The zero-order chi connectivity index (χ0) is 14.2. The first-order valence-electron chi connectivity index (χ1n) is 7.00. The molecule has 2 N–H and O–H groups in total. The molecule has 0 saturated heterocycles. The van der Waals surface area contributed by atoms with E-state index in [0.717, 1.165) is 29.3 Å². The van der Waals surface area contributed by atoms with Gasteiger partial charge in [-0.25, -0.2) is 0 Å². The van der Waals surface area contributed by atoms with Crippen molar-refractivity contribution in [1.29, 1.82) is 0 Å². The molecule has 3 rings (SSSR count). The monoisotopic (exact) mass is 335 g/mol. The highest BCUT2D eigenvalue weighted by atomic mass is 79.9. The van der Waals surface area contributed by atoms with Crippen LogP contribution in [0.25, 0.3) is 0 Å². The van der Waals surface area contributed by atoms with E-state index in [1.54, 1.807) is 0 Å². The van der Waals surface area contributed by atoms with E-state index in [-0.39, 0.29) is 29.9 Å². The summed E-state index contributed by atoms with van der Waals surface area (Å²) in [6.45, 7) is 0.153. The summed E-state index contributed by atoms with van der Waals surface area (Å²) < 4.78 is 1.03. The number of benzene rings is 1. The maximum Gasteiger partial charge on any atom is 0.231 e. The lowest BCUT2D eigenvalue weighted by Gasteiger charge is -2.19. The molecule has 2 aliphatic rings. The Kier molecular flexibility index (Phi) is 3.69. The van der Waals surface area contributed by atoms with Gasteiger partial charge in [0.05, 0.1) is 5.41 Å². The fourth-order valence-electron chi connectivity index (χ4n) is 2.86. The molecule has 0 heterocycles. The molecule has 0 aliphatic heterocycles. The topological polar surface area (TPSA) is 49.3 Å². The molecule has 1 saturated carbocycles. The molecule has 2 aliphatic carbocycles. The normalized spacial score (nSPS) is 26.5. The van der Waals surface area contributed by atoms with Crippen LogP contribution in [0.5, 0.6) is 0 Å². The first-order valence-corrected chi connectivity index (χ1v) is 7.79. The van der Waals surface area contributed by atoms with Gasteiger partial charge in [-0.3, -0.25) is 4.79 Å². The second-order valence-electron chi connectivity index (χ2n) is 5.73. The van der Waals surface area contributed by atoms with E-state index in [0.29, 0.717) is 0 Å². The third-order valence-corrected chi connectivity index (χ3v) is 4.83. The van der Waals surface area contributed by atoms with Gasteiger partial charge in [-0.2, -0.15) is 0 Å². The Morgan fingerprint density at radius 1 is 1.30 bits per heavy atom. The highest BCUT2D eigenvalue weighted by Crippen LogP contribution is 2.48. The Morgan fingerprint density at radius 2 is 2.00 bits per heavy atom. The van der Waals surface area contributed by atoms with E-state index >= 15 is 0 Å². The molecule has 3 nitrogen and oxygen atoms in total.